The molecule has 1 unspecified atom stereocenters. The minimum Gasteiger partial charge on any atom is -0.491 e. The second-order valence-electron chi connectivity index (χ2n) is 9.09. The number of ether oxygens (including phenoxy) is 2. The summed E-state index contributed by atoms with van der Waals surface area (Å²) in [5, 5.41) is 10.3. The maximum absolute atomic E-state index is 13.9. The molecule has 31 heavy (non-hydrogen) atoms. The van der Waals surface area contributed by atoms with Crippen LogP contribution in [0.25, 0.3) is 0 Å². The fourth-order valence-electron chi connectivity index (χ4n) is 3.72. The summed E-state index contributed by atoms with van der Waals surface area (Å²) in [4.78, 5) is 4.25. The highest BCUT2D eigenvalue weighted by atomic mass is 19.1. The maximum Gasteiger partial charge on any atom is 0.146 e. The van der Waals surface area contributed by atoms with Crippen LogP contribution in [-0.4, -0.2) is 68.7 Å². The molecule has 1 aliphatic heterocycles. The van der Waals surface area contributed by atoms with Gasteiger partial charge in [0.1, 0.15) is 18.2 Å². The monoisotopic (exact) mass is 430 g/mol. The zero-order chi connectivity index (χ0) is 22.3. The third kappa shape index (κ3) is 7.20. The molecule has 0 radical (unpaired) electrons. The third-order valence-corrected chi connectivity index (χ3v) is 5.56. The van der Waals surface area contributed by atoms with Crippen molar-refractivity contribution in [2.45, 2.75) is 32.3 Å². The van der Waals surface area contributed by atoms with Crippen LogP contribution >= 0.6 is 0 Å². The van der Waals surface area contributed by atoms with Crippen LogP contribution in [0.5, 0.6) is 5.75 Å². The average molecular weight is 431 g/mol. The van der Waals surface area contributed by atoms with Gasteiger partial charge in [-0.15, -0.1) is 0 Å². The number of hydrogen-bond donors (Lipinski definition) is 1. The minimum atomic E-state index is -0.550. The van der Waals surface area contributed by atoms with Gasteiger partial charge in [-0.25, -0.2) is 4.39 Å². The van der Waals surface area contributed by atoms with Crippen LogP contribution in [0.15, 0.2) is 48.5 Å². The first-order valence-electron chi connectivity index (χ1n) is 11.0. The Bertz CT molecular complexity index is 799. The number of aliphatic hydroxyl groups is 1. The van der Waals surface area contributed by atoms with E-state index in [4.69, 9.17) is 9.47 Å². The first kappa shape index (κ1) is 23.5. The summed E-state index contributed by atoms with van der Waals surface area (Å²) in [6.45, 7) is 11.3. The van der Waals surface area contributed by atoms with Crippen LogP contribution in [0.2, 0.25) is 0 Å². The van der Waals surface area contributed by atoms with E-state index in [0.29, 0.717) is 25.4 Å². The van der Waals surface area contributed by atoms with Crippen molar-refractivity contribution in [1.82, 2.24) is 4.90 Å². The normalized spacial score (nSPS) is 16.4. The molecule has 1 aliphatic rings. The third-order valence-electron chi connectivity index (χ3n) is 5.56. The lowest BCUT2D eigenvalue weighted by Gasteiger charge is -2.36. The lowest BCUT2D eigenvalue weighted by Crippen LogP contribution is -2.49. The molecule has 1 saturated heterocycles. The Labute approximate surface area is 185 Å². The van der Waals surface area contributed by atoms with Crippen molar-refractivity contribution in [1.29, 1.82) is 0 Å². The minimum absolute atomic E-state index is 0.127. The molecule has 2 aromatic rings. The number of rotatable bonds is 9. The summed E-state index contributed by atoms with van der Waals surface area (Å²) in [7, 11) is 0. The number of benzene rings is 2. The van der Waals surface area contributed by atoms with Gasteiger partial charge in [-0.05, 0) is 35.2 Å². The average Bonchev–Trinajstić information content (AvgIpc) is 2.74. The molecule has 0 amide bonds. The van der Waals surface area contributed by atoms with Crippen molar-refractivity contribution in [2.75, 3.05) is 57.4 Å². The van der Waals surface area contributed by atoms with E-state index >= 15 is 0 Å². The molecule has 1 fully saturated rings. The number of hydrogen-bond acceptors (Lipinski definition) is 5. The van der Waals surface area contributed by atoms with Gasteiger partial charge >= 0.3 is 0 Å². The van der Waals surface area contributed by atoms with E-state index in [-0.39, 0.29) is 17.8 Å². The second kappa shape index (κ2) is 10.9. The Morgan fingerprint density at radius 2 is 1.65 bits per heavy atom. The molecule has 1 N–H and O–H groups in total. The summed E-state index contributed by atoms with van der Waals surface area (Å²) < 4.78 is 25.2. The van der Waals surface area contributed by atoms with E-state index in [1.165, 1.54) is 11.6 Å². The number of nitrogens with zero attached hydrogens (tertiary/aromatic N) is 2. The summed E-state index contributed by atoms with van der Waals surface area (Å²) in [5.74, 6) is 0.640. The molecule has 2 aromatic carbocycles. The molecular weight excluding hydrogens is 395 g/mol. The van der Waals surface area contributed by atoms with Crippen LogP contribution in [0.4, 0.5) is 10.1 Å². The number of para-hydroxylation sites is 1. The fraction of sp³-hybridized carbons (Fsp3) is 0.520. The summed E-state index contributed by atoms with van der Waals surface area (Å²) in [6, 6.07) is 15.0. The van der Waals surface area contributed by atoms with E-state index in [1.54, 1.807) is 6.07 Å². The molecule has 0 aromatic heterocycles. The predicted octanol–water partition coefficient (Wildman–Crippen LogP) is 3.70. The smallest absolute Gasteiger partial charge is 0.146 e. The van der Waals surface area contributed by atoms with Crippen molar-refractivity contribution in [3.8, 4) is 5.75 Å². The lowest BCUT2D eigenvalue weighted by atomic mass is 9.87. The molecular formula is C25H35FN2O3. The van der Waals surface area contributed by atoms with E-state index < -0.39 is 6.10 Å². The molecule has 0 bridgehead atoms. The highest BCUT2D eigenvalue weighted by Gasteiger charge is 2.21. The highest BCUT2D eigenvalue weighted by Crippen LogP contribution is 2.24. The van der Waals surface area contributed by atoms with Crippen molar-refractivity contribution in [2.24, 2.45) is 0 Å². The lowest BCUT2D eigenvalue weighted by molar-refractivity contribution is 0.00716. The standard InChI is InChI=1S/C25H35FN2O3/c1-25(2,3)20-8-10-22(11-9-20)31-17-16-30-19-21(29)18-27-12-14-28(15-13-27)24-7-5-4-6-23(24)26/h4-11,21,29H,12-19H2,1-3H3. The molecule has 6 heteroatoms. The van der Waals surface area contributed by atoms with Crippen LogP contribution in [0, 0.1) is 5.82 Å². The quantitative estimate of drug-likeness (QED) is 0.615. The van der Waals surface area contributed by atoms with Gasteiger partial charge in [0.15, 0.2) is 0 Å². The van der Waals surface area contributed by atoms with Gasteiger partial charge in [0.2, 0.25) is 0 Å². The molecule has 5 nitrogen and oxygen atoms in total. The van der Waals surface area contributed by atoms with Gasteiger partial charge in [-0.3, -0.25) is 4.90 Å². The van der Waals surface area contributed by atoms with Gasteiger partial charge in [0, 0.05) is 32.7 Å². The second-order valence-corrected chi connectivity index (χ2v) is 9.09. The number of anilines is 1. The molecule has 1 heterocycles. The van der Waals surface area contributed by atoms with Crippen molar-refractivity contribution < 1.29 is 19.0 Å². The Balaban J connectivity index is 1.29. The Hall–Kier alpha value is -2.15. The predicted molar refractivity (Wildman–Crippen MR) is 123 cm³/mol. The summed E-state index contributed by atoms with van der Waals surface area (Å²) >= 11 is 0. The highest BCUT2D eigenvalue weighted by molar-refractivity contribution is 5.48. The summed E-state index contributed by atoms with van der Waals surface area (Å²) in [6.07, 6.45) is -0.550. The maximum atomic E-state index is 13.9. The number of piperazine rings is 1. The largest absolute Gasteiger partial charge is 0.491 e. The van der Waals surface area contributed by atoms with Crippen molar-refractivity contribution in [3.05, 3.63) is 59.9 Å². The SMILES string of the molecule is CC(C)(C)c1ccc(OCCOCC(O)CN2CCN(c3ccccc3F)CC2)cc1. The molecule has 170 valence electrons. The zero-order valence-electron chi connectivity index (χ0n) is 18.9. The molecule has 1 atom stereocenters. The summed E-state index contributed by atoms with van der Waals surface area (Å²) in [5.41, 5.74) is 2.05. The molecule has 0 spiro atoms. The van der Waals surface area contributed by atoms with Gasteiger partial charge in [0.05, 0.1) is 25.0 Å². The van der Waals surface area contributed by atoms with Crippen molar-refractivity contribution >= 4 is 5.69 Å². The first-order chi connectivity index (χ1) is 14.8. The van der Waals surface area contributed by atoms with Gasteiger partial charge in [-0.1, -0.05) is 45.0 Å². The zero-order valence-corrected chi connectivity index (χ0v) is 18.9. The van der Waals surface area contributed by atoms with Gasteiger partial charge in [-0.2, -0.15) is 0 Å². The Morgan fingerprint density at radius 1 is 0.968 bits per heavy atom. The van der Waals surface area contributed by atoms with E-state index in [0.717, 1.165) is 31.9 Å². The Morgan fingerprint density at radius 3 is 2.29 bits per heavy atom. The first-order valence-corrected chi connectivity index (χ1v) is 11.0. The number of halogens is 1. The molecule has 0 saturated carbocycles. The van der Waals surface area contributed by atoms with Crippen LogP contribution in [-0.2, 0) is 10.2 Å². The van der Waals surface area contributed by atoms with Crippen LogP contribution in [0.3, 0.4) is 0 Å². The fourth-order valence-corrected chi connectivity index (χ4v) is 3.72. The van der Waals surface area contributed by atoms with Gasteiger partial charge < -0.3 is 19.5 Å². The van der Waals surface area contributed by atoms with Gasteiger partial charge in [0.25, 0.3) is 0 Å². The topological polar surface area (TPSA) is 45.2 Å². The number of β-amino-alcohol motifs (C(OH)–C–C–N with tert-alkyl or cyclic N) is 1. The molecule has 3 rings (SSSR count). The van der Waals surface area contributed by atoms with Crippen molar-refractivity contribution in [3.63, 3.8) is 0 Å². The Kier molecular flexibility index (Phi) is 8.29. The number of aliphatic hydroxyl groups excluding tert-OH is 1. The van der Waals surface area contributed by atoms with Crippen LogP contribution in [0.1, 0.15) is 26.3 Å². The molecule has 0 aliphatic carbocycles. The van der Waals surface area contributed by atoms with E-state index in [1.807, 2.05) is 24.3 Å². The van der Waals surface area contributed by atoms with Crippen LogP contribution < -0.4 is 9.64 Å². The van der Waals surface area contributed by atoms with E-state index in [9.17, 15) is 9.50 Å². The van der Waals surface area contributed by atoms with E-state index in [2.05, 4.69) is 42.7 Å².